The van der Waals surface area contributed by atoms with E-state index in [4.69, 9.17) is 4.74 Å². The van der Waals surface area contributed by atoms with Crippen LogP contribution in [0.25, 0.3) is 0 Å². The van der Waals surface area contributed by atoms with Crippen LogP contribution in [-0.2, 0) is 9.94 Å². The van der Waals surface area contributed by atoms with Crippen molar-refractivity contribution < 1.29 is 9.94 Å². The molecule has 1 unspecified atom stereocenters. The van der Waals surface area contributed by atoms with Crippen LogP contribution in [0.3, 0.4) is 0 Å². The number of nitrogens with zero attached hydrogens (tertiary/aromatic N) is 1. The molecule has 1 heterocycles. The molecule has 1 rings (SSSR count). The van der Waals surface area contributed by atoms with Gasteiger partial charge in [0.15, 0.2) is 0 Å². The summed E-state index contributed by atoms with van der Waals surface area (Å²) in [5.41, 5.74) is -0.905. The van der Waals surface area contributed by atoms with E-state index in [0.717, 1.165) is 25.7 Å². The highest BCUT2D eigenvalue weighted by atomic mass is 16.6. The summed E-state index contributed by atoms with van der Waals surface area (Å²) in [5, 5.41) is 14.0. The Balaban J connectivity index is 2.50. The molecule has 0 amide bonds. The average molecular weight is 298 g/mol. The van der Waals surface area contributed by atoms with Gasteiger partial charge in [0.2, 0.25) is 0 Å². The van der Waals surface area contributed by atoms with Crippen LogP contribution < -0.4 is 0 Å². The molecule has 1 fully saturated rings. The molecule has 0 aromatic heterocycles. The van der Waals surface area contributed by atoms with E-state index in [9.17, 15) is 5.21 Å². The Kier molecular flexibility index (Phi) is 8.22. The van der Waals surface area contributed by atoms with Gasteiger partial charge in [0.1, 0.15) is 5.72 Å². The molecule has 1 atom stereocenters. The molecule has 0 aromatic rings. The topological polar surface area (TPSA) is 32.4 Å². The Morgan fingerprint density at radius 2 is 1.33 bits per heavy atom. The molecule has 0 aliphatic carbocycles. The highest BCUT2D eigenvalue weighted by Crippen LogP contribution is 2.40. The molecule has 0 bridgehead atoms. The lowest BCUT2D eigenvalue weighted by molar-refractivity contribution is -0.296. The quantitative estimate of drug-likeness (QED) is 0.474. The Bertz CT molecular complexity index is 280. The van der Waals surface area contributed by atoms with E-state index < -0.39 is 5.72 Å². The summed E-state index contributed by atoms with van der Waals surface area (Å²) in [4.78, 5) is 0. The normalized spacial score (nSPS) is 25.6. The van der Waals surface area contributed by atoms with Crippen molar-refractivity contribution >= 4 is 0 Å². The van der Waals surface area contributed by atoms with Crippen LogP contribution in [-0.4, -0.2) is 22.9 Å². The summed E-state index contributed by atoms with van der Waals surface area (Å²) < 4.78 is 6.07. The Labute approximate surface area is 132 Å². The molecule has 1 aliphatic rings. The SMILES string of the molecule is CCCCCCCC1(CCCCCC)OCC(C)(C)N1[O]. The van der Waals surface area contributed by atoms with Gasteiger partial charge < -0.3 is 4.74 Å². The number of hydrogen-bond donors (Lipinski definition) is 0. The van der Waals surface area contributed by atoms with Crippen molar-refractivity contribution in [2.45, 2.75) is 110 Å². The first-order valence-corrected chi connectivity index (χ1v) is 9.10. The zero-order valence-corrected chi connectivity index (χ0v) is 14.7. The van der Waals surface area contributed by atoms with E-state index in [1.807, 2.05) is 13.8 Å². The minimum atomic E-state index is -0.538. The molecule has 1 radical (unpaired) electrons. The summed E-state index contributed by atoms with van der Waals surface area (Å²) in [6, 6.07) is 0. The average Bonchev–Trinajstić information content (AvgIpc) is 2.68. The maximum atomic E-state index is 12.7. The fourth-order valence-electron chi connectivity index (χ4n) is 3.29. The summed E-state index contributed by atoms with van der Waals surface area (Å²) in [6.07, 6.45) is 12.8. The van der Waals surface area contributed by atoms with E-state index in [-0.39, 0.29) is 5.54 Å². The van der Waals surface area contributed by atoms with Crippen molar-refractivity contribution in [2.75, 3.05) is 6.61 Å². The number of hydroxylamine groups is 2. The number of rotatable bonds is 11. The van der Waals surface area contributed by atoms with E-state index >= 15 is 0 Å². The third kappa shape index (κ3) is 5.54. The second-order valence-electron chi connectivity index (χ2n) is 7.32. The van der Waals surface area contributed by atoms with Crippen LogP contribution >= 0.6 is 0 Å². The Morgan fingerprint density at radius 3 is 1.76 bits per heavy atom. The van der Waals surface area contributed by atoms with Crippen LogP contribution in [0, 0.1) is 0 Å². The van der Waals surface area contributed by atoms with E-state index in [1.54, 1.807) is 0 Å². The second kappa shape index (κ2) is 9.12. The van der Waals surface area contributed by atoms with Crippen LogP contribution in [0.4, 0.5) is 0 Å². The number of hydrogen-bond acceptors (Lipinski definition) is 2. The van der Waals surface area contributed by atoms with Gasteiger partial charge in [-0.25, -0.2) is 0 Å². The summed E-state index contributed by atoms with van der Waals surface area (Å²) >= 11 is 0. The maximum Gasteiger partial charge on any atom is 0.147 e. The zero-order valence-electron chi connectivity index (χ0n) is 14.7. The van der Waals surface area contributed by atoms with Crippen molar-refractivity contribution in [3.8, 4) is 0 Å². The summed E-state index contributed by atoms with van der Waals surface area (Å²) in [5.74, 6) is 0. The maximum absolute atomic E-state index is 12.7. The molecule has 1 aliphatic heterocycles. The predicted molar refractivity (Wildman–Crippen MR) is 87.4 cm³/mol. The van der Waals surface area contributed by atoms with Crippen molar-refractivity contribution in [3.63, 3.8) is 0 Å². The molecule has 0 aromatic carbocycles. The van der Waals surface area contributed by atoms with Crippen molar-refractivity contribution in [1.82, 2.24) is 5.06 Å². The first-order valence-electron chi connectivity index (χ1n) is 9.10. The third-order valence-electron chi connectivity index (χ3n) is 4.71. The van der Waals surface area contributed by atoms with Gasteiger partial charge in [0.05, 0.1) is 12.1 Å². The molecule has 0 N–H and O–H groups in total. The van der Waals surface area contributed by atoms with Gasteiger partial charge in [0.25, 0.3) is 0 Å². The van der Waals surface area contributed by atoms with Gasteiger partial charge in [-0.05, 0) is 39.5 Å². The minimum Gasteiger partial charge on any atom is -0.356 e. The van der Waals surface area contributed by atoms with Crippen molar-refractivity contribution in [2.24, 2.45) is 0 Å². The van der Waals surface area contributed by atoms with Gasteiger partial charge in [0, 0.05) is 0 Å². The van der Waals surface area contributed by atoms with E-state index in [1.165, 1.54) is 50.0 Å². The molecule has 3 heteroatoms. The largest absolute Gasteiger partial charge is 0.356 e. The Morgan fingerprint density at radius 1 is 0.857 bits per heavy atom. The van der Waals surface area contributed by atoms with Crippen molar-refractivity contribution in [3.05, 3.63) is 0 Å². The molecule has 21 heavy (non-hydrogen) atoms. The highest BCUT2D eigenvalue weighted by Gasteiger charge is 2.51. The lowest BCUT2D eigenvalue weighted by Gasteiger charge is -2.35. The highest BCUT2D eigenvalue weighted by molar-refractivity contribution is 4.93. The summed E-state index contributed by atoms with van der Waals surface area (Å²) in [6.45, 7) is 9.03. The van der Waals surface area contributed by atoms with Gasteiger partial charge in [-0.1, -0.05) is 58.8 Å². The molecular weight excluding hydrogens is 262 g/mol. The smallest absolute Gasteiger partial charge is 0.147 e. The Hall–Kier alpha value is -0.120. The molecular formula is C18H36NO2. The van der Waals surface area contributed by atoms with Crippen LogP contribution in [0.5, 0.6) is 0 Å². The summed E-state index contributed by atoms with van der Waals surface area (Å²) in [7, 11) is 0. The second-order valence-corrected chi connectivity index (χ2v) is 7.32. The fourth-order valence-corrected chi connectivity index (χ4v) is 3.29. The molecule has 0 saturated carbocycles. The predicted octanol–water partition coefficient (Wildman–Crippen LogP) is 5.47. The first kappa shape index (κ1) is 18.9. The lowest BCUT2D eigenvalue weighted by Crippen LogP contribution is -2.49. The number of ether oxygens (including phenoxy) is 1. The first-order chi connectivity index (χ1) is 9.98. The fraction of sp³-hybridized carbons (Fsp3) is 1.00. The monoisotopic (exact) mass is 298 g/mol. The van der Waals surface area contributed by atoms with E-state index in [2.05, 4.69) is 13.8 Å². The van der Waals surface area contributed by atoms with Gasteiger partial charge >= 0.3 is 0 Å². The van der Waals surface area contributed by atoms with Crippen LogP contribution in [0.15, 0.2) is 0 Å². The van der Waals surface area contributed by atoms with Crippen LogP contribution in [0.1, 0.15) is 98.3 Å². The van der Waals surface area contributed by atoms with Gasteiger partial charge in [-0.3, -0.25) is 0 Å². The van der Waals surface area contributed by atoms with Crippen molar-refractivity contribution in [1.29, 1.82) is 0 Å². The lowest BCUT2D eigenvalue weighted by atomic mass is 9.95. The number of unbranched alkanes of at least 4 members (excludes halogenated alkanes) is 7. The molecule has 1 saturated heterocycles. The molecule has 3 nitrogen and oxygen atoms in total. The zero-order chi connectivity index (χ0) is 15.8. The minimum absolute atomic E-state index is 0.367. The van der Waals surface area contributed by atoms with E-state index in [0.29, 0.717) is 6.61 Å². The molecule has 0 spiro atoms. The van der Waals surface area contributed by atoms with Crippen LogP contribution in [0.2, 0.25) is 0 Å². The molecule has 125 valence electrons. The van der Waals surface area contributed by atoms with Gasteiger partial charge in [-0.15, -0.1) is 10.3 Å². The third-order valence-corrected chi connectivity index (χ3v) is 4.71. The van der Waals surface area contributed by atoms with Gasteiger partial charge in [-0.2, -0.15) is 0 Å². The standard InChI is InChI=1S/C18H36NO2/c1-5-7-9-11-13-15-18(14-12-10-8-6-2)19(20)17(3,4)16-21-18/h5-16H2,1-4H3.